The lowest BCUT2D eigenvalue weighted by molar-refractivity contribution is 0.101. The first-order chi connectivity index (χ1) is 12.6. The minimum absolute atomic E-state index is 0.0390. The lowest BCUT2D eigenvalue weighted by atomic mass is 10.1. The predicted molar refractivity (Wildman–Crippen MR) is 105 cm³/mol. The Balaban J connectivity index is 1.85. The van der Waals surface area contributed by atoms with Crippen LogP contribution in [0.3, 0.4) is 0 Å². The number of thioether (sulfide) groups is 1. The van der Waals surface area contributed by atoms with Crippen molar-refractivity contribution in [3.8, 4) is 17.0 Å². The maximum Gasteiger partial charge on any atom is 0.188 e. The quantitative estimate of drug-likeness (QED) is 0.352. The standard InChI is InChI=1S/C21H20N2O2S/c1-14-11-19(16-7-5-4-6-8-16)23-21(22-14)26-13-18-12-17(15(2)24)9-10-20(18)25-3/h4-12H,13H2,1-3H3. The summed E-state index contributed by atoms with van der Waals surface area (Å²) in [6.45, 7) is 3.53. The molecule has 0 saturated heterocycles. The smallest absolute Gasteiger partial charge is 0.188 e. The molecular formula is C21H20N2O2S. The molecule has 1 aromatic heterocycles. The van der Waals surface area contributed by atoms with Crippen LogP contribution >= 0.6 is 11.8 Å². The van der Waals surface area contributed by atoms with Crippen LogP contribution in [-0.2, 0) is 5.75 Å². The van der Waals surface area contributed by atoms with Crippen molar-refractivity contribution in [2.75, 3.05) is 7.11 Å². The molecule has 0 fully saturated rings. The number of aromatic nitrogens is 2. The lowest BCUT2D eigenvalue weighted by Gasteiger charge is -2.10. The SMILES string of the molecule is COc1ccc(C(C)=O)cc1CSc1nc(C)cc(-c2ccccc2)n1. The molecule has 0 aliphatic heterocycles. The van der Waals surface area contributed by atoms with Gasteiger partial charge in [-0.1, -0.05) is 42.1 Å². The number of aryl methyl sites for hydroxylation is 1. The average Bonchev–Trinajstić information content (AvgIpc) is 2.66. The van der Waals surface area contributed by atoms with Crippen molar-refractivity contribution in [2.24, 2.45) is 0 Å². The molecule has 4 nitrogen and oxygen atoms in total. The van der Waals surface area contributed by atoms with E-state index in [2.05, 4.69) is 9.97 Å². The molecule has 3 aromatic rings. The third kappa shape index (κ3) is 4.29. The molecule has 132 valence electrons. The molecular weight excluding hydrogens is 344 g/mol. The molecule has 2 aromatic carbocycles. The molecule has 3 rings (SSSR count). The number of rotatable bonds is 6. The van der Waals surface area contributed by atoms with E-state index in [0.29, 0.717) is 16.5 Å². The zero-order valence-corrected chi connectivity index (χ0v) is 15.8. The first-order valence-electron chi connectivity index (χ1n) is 8.28. The van der Waals surface area contributed by atoms with Gasteiger partial charge < -0.3 is 4.74 Å². The molecule has 0 atom stereocenters. The highest BCUT2D eigenvalue weighted by Gasteiger charge is 2.10. The van der Waals surface area contributed by atoms with Gasteiger partial charge in [-0.3, -0.25) is 4.79 Å². The summed E-state index contributed by atoms with van der Waals surface area (Å²) < 4.78 is 5.42. The van der Waals surface area contributed by atoms with E-state index in [9.17, 15) is 4.79 Å². The van der Waals surface area contributed by atoms with Crippen LogP contribution in [0.1, 0.15) is 28.5 Å². The minimum atomic E-state index is 0.0390. The molecule has 1 heterocycles. The molecule has 5 heteroatoms. The van der Waals surface area contributed by atoms with Crippen molar-refractivity contribution >= 4 is 17.5 Å². The second kappa shape index (κ2) is 8.15. The summed E-state index contributed by atoms with van der Waals surface area (Å²) >= 11 is 1.53. The Bertz CT molecular complexity index is 927. The van der Waals surface area contributed by atoms with Crippen molar-refractivity contribution in [3.05, 3.63) is 71.4 Å². The number of hydrogen-bond donors (Lipinski definition) is 0. The van der Waals surface area contributed by atoms with Crippen LogP contribution in [0.4, 0.5) is 0 Å². The number of Topliss-reactive ketones (excluding diaryl/α,β-unsaturated/α-hetero) is 1. The first-order valence-corrected chi connectivity index (χ1v) is 9.27. The summed E-state index contributed by atoms with van der Waals surface area (Å²) in [5, 5.41) is 0.708. The van der Waals surface area contributed by atoms with Crippen molar-refractivity contribution in [1.82, 2.24) is 9.97 Å². The van der Waals surface area contributed by atoms with Crippen LogP contribution in [0.15, 0.2) is 59.8 Å². The fraction of sp³-hybridized carbons (Fsp3) is 0.190. The molecule has 0 saturated carbocycles. The van der Waals surface area contributed by atoms with Crippen molar-refractivity contribution < 1.29 is 9.53 Å². The van der Waals surface area contributed by atoms with Crippen LogP contribution < -0.4 is 4.74 Å². The largest absolute Gasteiger partial charge is 0.496 e. The lowest BCUT2D eigenvalue weighted by Crippen LogP contribution is -1.98. The Morgan fingerprint density at radius 2 is 1.85 bits per heavy atom. The first kappa shape index (κ1) is 18.1. The number of carbonyl (C=O) groups excluding carboxylic acids is 1. The van der Waals surface area contributed by atoms with Gasteiger partial charge >= 0.3 is 0 Å². The van der Waals surface area contributed by atoms with Crippen LogP contribution in [0.2, 0.25) is 0 Å². The maximum absolute atomic E-state index is 11.6. The molecule has 0 amide bonds. The zero-order chi connectivity index (χ0) is 18.5. The van der Waals surface area contributed by atoms with Gasteiger partial charge in [-0.05, 0) is 38.1 Å². The Kier molecular flexibility index (Phi) is 5.68. The van der Waals surface area contributed by atoms with Gasteiger partial charge in [-0.2, -0.15) is 0 Å². The Morgan fingerprint density at radius 3 is 2.54 bits per heavy atom. The van der Waals surface area contributed by atoms with Gasteiger partial charge in [-0.25, -0.2) is 9.97 Å². The number of ketones is 1. The summed E-state index contributed by atoms with van der Waals surface area (Å²) in [6, 6.07) is 17.5. The van der Waals surface area contributed by atoms with E-state index < -0.39 is 0 Å². The second-order valence-electron chi connectivity index (χ2n) is 5.91. The van der Waals surface area contributed by atoms with E-state index in [1.54, 1.807) is 20.1 Å². The van der Waals surface area contributed by atoms with Crippen molar-refractivity contribution in [3.63, 3.8) is 0 Å². The van der Waals surface area contributed by atoms with E-state index in [1.165, 1.54) is 11.8 Å². The summed E-state index contributed by atoms with van der Waals surface area (Å²) in [6.07, 6.45) is 0. The van der Waals surface area contributed by atoms with Gasteiger partial charge in [0.25, 0.3) is 0 Å². The van der Waals surface area contributed by atoms with E-state index in [4.69, 9.17) is 4.74 Å². The fourth-order valence-electron chi connectivity index (χ4n) is 2.62. The zero-order valence-electron chi connectivity index (χ0n) is 15.0. The maximum atomic E-state index is 11.6. The van der Waals surface area contributed by atoms with Crippen LogP contribution in [0, 0.1) is 6.92 Å². The normalized spacial score (nSPS) is 10.6. The summed E-state index contributed by atoms with van der Waals surface area (Å²) in [4.78, 5) is 20.9. The van der Waals surface area contributed by atoms with Gasteiger partial charge in [0.05, 0.1) is 12.8 Å². The molecule has 0 spiro atoms. The molecule has 0 N–H and O–H groups in total. The molecule has 0 aliphatic carbocycles. The van der Waals surface area contributed by atoms with Gasteiger partial charge in [-0.15, -0.1) is 0 Å². The molecule has 0 aliphatic rings. The number of methoxy groups -OCH3 is 1. The molecule has 0 bridgehead atoms. The average molecular weight is 364 g/mol. The van der Waals surface area contributed by atoms with Crippen molar-refractivity contribution in [2.45, 2.75) is 24.8 Å². The number of benzene rings is 2. The highest BCUT2D eigenvalue weighted by Crippen LogP contribution is 2.29. The minimum Gasteiger partial charge on any atom is -0.496 e. The van der Waals surface area contributed by atoms with Crippen LogP contribution in [0.25, 0.3) is 11.3 Å². The highest BCUT2D eigenvalue weighted by atomic mass is 32.2. The van der Waals surface area contributed by atoms with E-state index in [-0.39, 0.29) is 5.78 Å². The Morgan fingerprint density at radius 1 is 1.08 bits per heavy atom. The number of hydrogen-bond acceptors (Lipinski definition) is 5. The number of ether oxygens (including phenoxy) is 1. The van der Waals surface area contributed by atoms with Gasteiger partial charge in [0.1, 0.15) is 5.75 Å². The molecule has 0 radical (unpaired) electrons. The third-order valence-electron chi connectivity index (χ3n) is 3.95. The Labute approximate surface area is 157 Å². The predicted octanol–water partition coefficient (Wildman–Crippen LogP) is 4.96. The van der Waals surface area contributed by atoms with E-state index >= 15 is 0 Å². The Hall–Kier alpha value is -2.66. The second-order valence-corrected chi connectivity index (χ2v) is 6.86. The highest BCUT2D eigenvalue weighted by molar-refractivity contribution is 7.98. The summed E-state index contributed by atoms with van der Waals surface area (Å²) in [5.74, 6) is 1.43. The van der Waals surface area contributed by atoms with Gasteiger partial charge in [0, 0.05) is 28.1 Å². The summed E-state index contributed by atoms with van der Waals surface area (Å²) in [5.41, 5.74) is 4.53. The van der Waals surface area contributed by atoms with Gasteiger partial charge in [0.2, 0.25) is 0 Å². The van der Waals surface area contributed by atoms with E-state index in [1.807, 2.05) is 55.5 Å². The van der Waals surface area contributed by atoms with Crippen LogP contribution in [-0.4, -0.2) is 22.9 Å². The fourth-order valence-corrected chi connectivity index (χ4v) is 3.50. The summed E-state index contributed by atoms with van der Waals surface area (Å²) in [7, 11) is 1.63. The number of carbonyl (C=O) groups is 1. The molecule has 0 unspecified atom stereocenters. The van der Waals surface area contributed by atoms with Crippen molar-refractivity contribution in [1.29, 1.82) is 0 Å². The number of nitrogens with zero attached hydrogens (tertiary/aromatic N) is 2. The molecule has 26 heavy (non-hydrogen) atoms. The third-order valence-corrected chi connectivity index (χ3v) is 4.84. The van der Waals surface area contributed by atoms with Gasteiger partial charge in [0.15, 0.2) is 10.9 Å². The topological polar surface area (TPSA) is 52.1 Å². The van der Waals surface area contributed by atoms with E-state index in [0.717, 1.165) is 28.3 Å². The monoisotopic (exact) mass is 364 g/mol. The van der Waals surface area contributed by atoms with Crippen LogP contribution in [0.5, 0.6) is 5.75 Å².